The number of hydrogen-bond donors (Lipinski definition) is 1. The Morgan fingerprint density at radius 1 is 1.17 bits per heavy atom. The topological polar surface area (TPSA) is 38.5 Å². The Labute approximate surface area is 113 Å². The first-order valence-electron chi connectivity index (χ1n) is 7.57. The van der Waals surface area contributed by atoms with Crippen molar-refractivity contribution in [3.63, 3.8) is 0 Å². The molecule has 3 heteroatoms. The number of likely N-dealkylation sites (N-methyl/N-ethyl adjacent to an activating group) is 1. The molecule has 0 bridgehead atoms. The minimum atomic E-state index is 0.164. The molecule has 1 rings (SSSR count). The average molecular weight is 256 g/mol. The molecule has 0 heterocycles. The Balaban J connectivity index is 2.81. The molecule has 1 aliphatic rings. The lowest BCUT2D eigenvalue weighted by atomic mass is 9.62. The smallest absolute Gasteiger partial charge is 0.0593 e. The van der Waals surface area contributed by atoms with Gasteiger partial charge in [-0.15, -0.1) is 0 Å². The molecule has 1 unspecified atom stereocenters. The van der Waals surface area contributed by atoms with Crippen molar-refractivity contribution < 1.29 is 4.74 Å². The SMILES string of the molecule is CCOCCN(CC)C1(CN)CCCCC1(C)C. The van der Waals surface area contributed by atoms with Gasteiger partial charge in [-0.1, -0.05) is 33.6 Å². The van der Waals surface area contributed by atoms with Gasteiger partial charge in [0.15, 0.2) is 0 Å². The van der Waals surface area contributed by atoms with E-state index in [9.17, 15) is 0 Å². The quantitative estimate of drug-likeness (QED) is 0.712. The maximum absolute atomic E-state index is 6.21. The van der Waals surface area contributed by atoms with Crippen LogP contribution in [0.3, 0.4) is 0 Å². The molecule has 0 aliphatic heterocycles. The zero-order chi connectivity index (χ0) is 13.6. The molecule has 2 N–H and O–H groups in total. The molecular weight excluding hydrogens is 224 g/mol. The summed E-state index contributed by atoms with van der Waals surface area (Å²) in [5, 5.41) is 0. The first kappa shape index (κ1) is 15.9. The summed E-state index contributed by atoms with van der Waals surface area (Å²) in [5.74, 6) is 0. The molecule has 1 fully saturated rings. The molecule has 108 valence electrons. The molecule has 3 nitrogen and oxygen atoms in total. The van der Waals surface area contributed by atoms with Crippen LogP contribution in [0.4, 0.5) is 0 Å². The highest BCUT2D eigenvalue weighted by molar-refractivity contribution is 5.04. The second-order valence-corrected chi connectivity index (χ2v) is 6.10. The minimum absolute atomic E-state index is 0.164. The molecule has 0 spiro atoms. The van der Waals surface area contributed by atoms with Crippen LogP contribution in [-0.4, -0.2) is 43.3 Å². The van der Waals surface area contributed by atoms with Gasteiger partial charge in [0.25, 0.3) is 0 Å². The van der Waals surface area contributed by atoms with Crippen LogP contribution >= 0.6 is 0 Å². The highest BCUT2D eigenvalue weighted by Gasteiger charge is 2.48. The first-order chi connectivity index (χ1) is 8.54. The van der Waals surface area contributed by atoms with Crippen LogP contribution in [0.15, 0.2) is 0 Å². The fourth-order valence-corrected chi connectivity index (χ4v) is 3.64. The number of nitrogens with zero attached hydrogens (tertiary/aromatic N) is 1. The molecule has 0 radical (unpaired) electrons. The van der Waals surface area contributed by atoms with Crippen molar-refractivity contribution in [2.45, 2.75) is 58.9 Å². The predicted molar refractivity (Wildman–Crippen MR) is 77.8 cm³/mol. The van der Waals surface area contributed by atoms with E-state index in [1.54, 1.807) is 0 Å². The Hall–Kier alpha value is -0.120. The van der Waals surface area contributed by atoms with E-state index in [0.717, 1.165) is 32.8 Å². The summed E-state index contributed by atoms with van der Waals surface area (Å²) in [6.45, 7) is 13.5. The number of hydrogen-bond acceptors (Lipinski definition) is 3. The number of ether oxygens (including phenoxy) is 1. The van der Waals surface area contributed by atoms with Gasteiger partial charge >= 0.3 is 0 Å². The molecule has 0 amide bonds. The van der Waals surface area contributed by atoms with Gasteiger partial charge in [-0.3, -0.25) is 4.90 Å². The highest BCUT2D eigenvalue weighted by atomic mass is 16.5. The van der Waals surface area contributed by atoms with Crippen molar-refractivity contribution >= 4 is 0 Å². The molecule has 1 atom stereocenters. The molecule has 0 aromatic carbocycles. The third kappa shape index (κ3) is 3.06. The third-order valence-corrected chi connectivity index (χ3v) is 4.94. The Kier molecular flexibility index (Phi) is 6.09. The van der Waals surface area contributed by atoms with Crippen LogP contribution in [0.25, 0.3) is 0 Å². The van der Waals surface area contributed by atoms with E-state index in [4.69, 9.17) is 10.5 Å². The number of rotatable bonds is 7. The van der Waals surface area contributed by atoms with Crippen molar-refractivity contribution in [3.05, 3.63) is 0 Å². The van der Waals surface area contributed by atoms with Gasteiger partial charge in [0.05, 0.1) is 6.61 Å². The lowest BCUT2D eigenvalue weighted by molar-refractivity contribution is -0.0522. The van der Waals surface area contributed by atoms with Crippen LogP contribution in [-0.2, 0) is 4.74 Å². The van der Waals surface area contributed by atoms with E-state index in [2.05, 4.69) is 32.6 Å². The van der Waals surface area contributed by atoms with Crippen molar-refractivity contribution in [2.24, 2.45) is 11.1 Å². The van der Waals surface area contributed by atoms with Gasteiger partial charge < -0.3 is 10.5 Å². The Morgan fingerprint density at radius 3 is 2.33 bits per heavy atom. The number of nitrogens with two attached hydrogens (primary N) is 1. The van der Waals surface area contributed by atoms with Crippen molar-refractivity contribution in [1.29, 1.82) is 0 Å². The van der Waals surface area contributed by atoms with E-state index < -0.39 is 0 Å². The largest absolute Gasteiger partial charge is 0.380 e. The summed E-state index contributed by atoms with van der Waals surface area (Å²) in [6, 6.07) is 0. The zero-order valence-corrected chi connectivity index (χ0v) is 12.8. The van der Waals surface area contributed by atoms with E-state index in [0.29, 0.717) is 5.41 Å². The summed E-state index contributed by atoms with van der Waals surface area (Å²) in [4.78, 5) is 2.57. The van der Waals surface area contributed by atoms with Crippen LogP contribution in [0, 0.1) is 5.41 Å². The third-order valence-electron chi connectivity index (χ3n) is 4.94. The van der Waals surface area contributed by atoms with Crippen molar-refractivity contribution in [2.75, 3.05) is 32.8 Å². The monoisotopic (exact) mass is 256 g/mol. The van der Waals surface area contributed by atoms with Crippen molar-refractivity contribution in [1.82, 2.24) is 4.90 Å². The maximum Gasteiger partial charge on any atom is 0.0593 e. The maximum atomic E-state index is 6.21. The van der Waals surface area contributed by atoms with Crippen molar-refractivity contribution in [3.8, 4) is 0 Å². The highest BCUT2D eigenvalue weighted by Crippen LogP contribution is 2.46. The normalized spacial score (nSPS) is 27.7. The summed E-state index contributed by atoms with van der Waals surface area (Å²) in [6.07, 6.45) is 5.18. The van der Waals surface area contributed by atoms with Gasteiger partial charge in [0.2, 0.25) is 0 Å². The molecule has 0 saturated heterocycles. The fourth-order valence-electron chi connectivity index (χ4n) is 3.64. The molecule has 1 saturated carbocycles. The fraction of sp³-hybridized carbons (Fsp3) is 1.00. The van der Waals surface area contributed by atoms with E-state index in [1.165, 1.54) is 25.7 Å². The summed E-state index contributed by atoms with van der Waals surface area (Å²) in [5.41, 5.74) is 6.68. The van der Waals surface area contributed by atoms with E-state index in [-0.39, 0.29) is 5.54 Å². The van der Waals surface area contributed by atoms with Crippen LogP contribution < -0.4 is 5.73 Å². The first-order valence-corrected chi connectivity index (χ1v) is 7.57. The molecular formula is C15H32N2O. The summed E-state index contributed by atoms with van der Waals surface area (Å²) >= 11 is 0. The summed E-state index contributed by atoms with van der Waals surface area (Å²) < 4.78 is 5.53. The standard InChI is InChI=1S/C15H32N2O/c1-5-17(11-12-18-6-2)15(13-16)10-8-7-9-14(15,3)4/h5-13,16H2,1-4H3. The molecule has 0 aromatic rings. The molecule has 18 heavy (non-hydrogen) atoms. The van der Waals surface area contributed by atoms with E-state index >= 15 is 0 Å². The molecule has 0 aromatic heterocycles. The van der Waals surface area contributed by atoms with Gasteiger partial charge in [-0.2, -0.15) is 0 Å². The predicted octanol–water partition coefficient (Wildman–Crippen LogP) is 2.64. The Bertz CT molecular complexity index is 243. The zero-order valence-electron chi connectivity index (χ0n) is 12.8. The van der Waals surface area contributed by atoms with Crippen LogP contribution in [0.5, 0.6) is 0 Å². The lowest BCUT2D eigenvalue weighted by Crippen LogP contribution is -2.64. The van der Waals surface area contributed by atoms with Gasteiger partial charge in [-0.25, -0.2) is 0 Å². The van der Waals surface area contributed by atoms with E-state index in [1.807, 2.05) is 0 Å². The van der Waals surface area contributed by atoms with Gasteiger partial charge in [0, 0.05) is 25.2 Å². The average Bonchev–Trinajstić information content (AvgIpc) is 2.35. The van der Waals surface area contributed by atoms with Gasteiger partial charge in [-0.05, 0) is 31.7 Å². The second-order valence-electron chi connectivity index (χ2n) is 6.10. The van der Waals surface area contributed by atoms with Crippen LogP contribution in [0.2, 0.25) is 0 Å². The van der Waals surface area contributed by atoms with Gasteiger partial charge in [0.1, 0.15) is 0 Å². The summed E-state index contributed by atoms with van der Waals surface area (Å²) in [7, 11) is 0. The molecule has 1 aliphatic carbocycles. The second kappa shape index (κ2) is 6.88. The Morgan fingerprint density at radius 2 is 1.83 bits per heavy atom. The van der Waals surface area contributed by atoms with Crippen LogP contribution in [0.1, 0.15) is 53.4 Å². The minimum Gasteiger partial charge on any atom is -0.380 e. The lowest BCUT2D eigenvalue weighted by Gasteiger charge is -2.56.